The molecule has 0 bridgehead atoms. The number of carboxylic acid groups (broad SMARTS) is 1. The molecule has 3 N–H and O–H groups in total. The van der Waals surface area contributed by atoms with Gasteiger partial charge in [0.05, 0.1) is 40.4 Å². The van der Waals surface area contributed by atoms with E-state index in [2.05, 4.69) is 39.2 Å². The van der Waals surface area contributed by atoms with E-state index in [0.717, 1.165) is 39.8 Å². The third kappa shape index (κ3) is 3.95. The zero-order chi connectivity index (χ0) is 29.4. The van der Waals surface area contributed by atoms with Gasteiger partial charge in [-0.2, -0.15) is 0 Å². The van der Waals surface area contributed by atoms with Crippen LogP contribution in [0.4, 0.5) is 11.4 Å². The average Bonchev–Trinajstić information content (AvgIpc) is 3.66. The van der Waals surface area contributed by atoms with Gasteiger partial charge in [-0.3, -0.25) is 4.79 Å². The predicted octanol–water partition coefficient (Wildman–Crippen LogP) is 3.79. The van der Waals surface area contributed by atoms with Crippen LogP contribution in [0.2, 0.25) is 5.02 Å². The number of aromatic amines is 1. The van der Waals surface area contributed by atoms with E-state index in [4.69, 9.17) is 21.3 Å². The Balaban J connectivity index is 1.50. The first kappa shape index (κ1) is 26.7. The minimum Gasteiger partial charge on any atom is -0.477 e. The molecule has 0 radical (unpaired) electrons. The molecule has 2 fully saturated rings. The van der Waals surface area contributed by atoms with E-state index in [1.165, 1.54) is 6.20 Å². The van der Waals surface area contributed by atoms with Crippen LogP contribution in [0.1, 0.15) is 10.4 Å². The van der Waals surface area contributed by atoms with Gasteiger partial charge in [0.2, 0.25) is 5.43 Å². The third-order valence-electron chi connectivity index (χ3n) is 8.75. The van der Waals surface area contributed by atoms with E-state index in [1.807, 2.05) is 19.2 Å². The van der Waals surface area contributed by atoms with Crippen LogP contribution < -0.4 is 15.6 Å². The number of pyridine rings is 3. The van der Waals surface area contributed by atoms with Crippen molar-refractivity contribution in [2.75, 3.05) is 51.1 Å². The molecule has 42 heavy (non-hydrogen) atoms. The molecule has 3 atom stereocenters. The Bertz CT molecular complexity index is 1980. The molecule has 0 aliphatic carbocycles. The normalized spacial score (nSPS) is 20.3. The number of nitrogens with one attached hydrogen (secondary N) is 2. The first-order valence-corrected chi connectivity index (χ1v) is 14.1. The van der Waals surface area contributed by atoms with E-state index >= 15 is 0 Å². The van der Waals surface area contributed by atoms with Crippen molar-refractivity contribution in [3.05, 3.63) is 57.6 Å². The third-order valence-corrected chi connectivity index (χ3v) is 8.97. The molecule has 0 spiro atoms. The number of rotatable bonds is 5. The summed E-state index contributed by atoms with van der Waals surface area (Å²) in [5, 5.41) is 15.5. The lowest BCUT2D eigenvalue weighted by atomic mass is 9.99. The zero-order valence-electron chi connectivity index (χ0n) is 23.6. The van der Waals surface area contributed by atoms with E-state index in [0.29, 0.717) is 47.0 Å². The van der Waals surface area contributed by atoms with Crippen LogP contribution in [0.15, 0.2) is 41.6 Å². The van der Waals surface area contributed by atoms with Gasteiger partial charge in [0.25, 0.3) is 0 Å². The number of carboxylic acids is 1. The minimum absolute atomic E-state index is 0.0790. The molecule has 216 valence electrons. The Morgan fingerprint density at radius 2 is 2.00 bits per heavy atom. The average molecular weight is 588 g/mol. The second-order valence-electron chi connectivity index (χ2n) is 11.3. The number of anilines is 2. The fraction of sp³-hybridized carbons (Fsp3) is 0.333. The van der Waals surface area contributed by atoms with Crippen LogP contribution in [-0.2, 0) is 11.8 Å². The number of likely N-dealkylation sites (N-methyl/N-ethyl adjacent to an activating group) is 1. The summed E-state index contributed by atoms with van der Waals surface area (Å²) in [6, 6.07) is 5.84. The first-order valence-electron chi connectivity index (χ1n) is 13.7. The zero-order valence-corrected chi connectivity index (χ0v) is 24.4. The number of H-pyrrole nitrogens is 1. The largest absolute Gasteiger partial charge is 0.477 e. The summed E-state index contributed by atoms with van der Waals surface area (Å²) < 4.78 is 7.82. The molecule has 7 rings (SSSR count). The molecular weight excluding hydrogens is 558 g/mol. The maximum Gasteiger partial charge on any atom is 0.341 e. The molecule has 11 nitrogen and oxygen atoms in total. The summed E-state index contributed by atoms with van der Waals surface area (Å²) in [4.78, 5) is 42.5. The van der Waals surface area contributed by atoms with Crippen molar-refractivity contribution in [1.29, 1.82) is 0 Å². The van der Waals surface area contributed by atoms with E-state index in [-0.39, 0.29) is 17.1 Å². The molecule has 0 saturated carbocycles. The lowest BCUT2D eigenvalue weighted by Crippen LogP contribution is -2.37. The number of hydrogen-bond donors (Lipinski definition) is 3. The molecule has 12 heteroatoms. The maximum absolute atomic E-state index is 13.2. The van der Waals surface area contributed by atoms with Crippen molar-refractivity contribution in [2.45, 2.75) is 12.1 Å². The molecule has 2 aliphatic rings. The number of ether oxygens (including phenoxy) is 1. The lowest BCUT2D eigenvalue weighted by Gasteiger charge is -2.27. The maximum atomic E-state index is 13.2. The number of fused-ring (bicyclic) bond motifs is 5. The van der Waals surface area contributed by atoms with Crippen LogP contribution in [0.5, 0.6) is 0 Å². The van der Waals surface area contributed by atoms with Gasteiger partial charge in [0.1, 0.15) is 16.9 Å². The number of aromatic carboxylic acids is 1. The van der Waals surface area contributed by atoms with Gasteiger partial charge in [-0.25, -0.2) is 14.8 Å². The van der Waals surface area contributed by atoms with Gasteiger partial charge >= 0.3 is 5.97 Å². The van der Waals surface area contributed by atoms with Crippen molar-refractivity contribution in [3.8, 4) is 11.1 Å². The fourth-order valence-corrected chi connectivity index (χ4v) is 6.93. The van der Waals surface area contributed by atoms with Gasteiger partial charge in [0, 0.05) is 79.3 Å². The molecule has 4 aromatic heterocycles. The smallest absolute Gasteiger partial charge is 0.341 e. The highest BCUT2D eigenvalue weighted by atomic mass is 35.5. The second kappa shape index (κ2) is 9.69. The Labute approximate surface area is 245 Å². The van der Waals surface area contributed by atoms with Crippen LogP contribution in [0.3, 0.4) is 0 Å². The lowest BCUT2D eigenvalue weighted by molar-refractivity contribution is 0.0695. The second-order valence-corrected chi connectivity index (χ2v) is 11.8. The van der Waals surface area contributed by atoms with Gasteiger partial charge < -0.3 is 34.5 Å². The van der Waals surface area contributed by atoms with Gasteiger partial charge in [0.15, 0.2) is 0 Å². The van der Waals surface area contributed by atoms with Crippen molar-refractivity contribution in [2.24, 2.45) is 13.0 Å². The SMILES string of the molecule is CNc1cc(Cl)cc2c1[nH]c1ncc(-c3cnc4c(c3)c(=O)c(C(=O)O)cn4C)c(N3CC4OCC(N(C)C)C4C3)c12. The van der Waals surface area contributed by atoms with E-state index < -0.39 is 11.4 Å². The molecule has 3 unspecified atom stereocenters. The highest BCUT2D eigenvalue weighted by molar-refractivity contribution is 6.33. The monoisotopic (exact) mass is 587 g/mol. The topological polar surface area (TPSA) is 129 Å². The summed E-state index contributed by atoms with van der Waals surface area (Å²) in [6.45, 7) is 2.17. The highest BCUT2D eigenvalue weighted by Crippen LogP contribution is 2.45. The first-order chi connectivity index (χ1) is 20.2. The van der Waals surface area contributed by atoms with Gasteiger partial charge in [-0.05, 0) is 32.3 Å². The number of halogens is 1. The van der Waals surface area contributed by atoms with E-state index in [9.17, 15) is 14.7 Å². The van der Waals surface area contributed by atoms with Crippen LogP contribution in [0.25, 0.3) is 44.1 Å². The number of aromatic nitrogens is 4. The molecule has 5 aromatic rings. The van der Waals surface area contributed by atoms with Crippen LogP contribution in [0, 0.1) is 5.92 Å². The molecule has 0 amide bonds. The Morgan fingerprint density at radius 1 is 1.19 bits per heavy atom. The van der Waals surface area contributed by atoms with Gasteiger partial charge in [-0.1, -0.05) is 11.6 Å². The molecule has 1 aromatic carbocycles. The highest BCUT2D eigenvalue weighted by Gasteiger charge is 2.45. The fourth-order valence-electron chi connectivity index (χ4n) is 6.71. The summed E-state index contributed by atoms with van der Waals surface area (Å²) in [7, 11) is 7.70. The number of hydrogen-bond acceptors (Lipinski definition) is 8. The van der Waals surface area contributed by atoms with E-state index in [1.54, 1.807) is 30.1 Å². The quantitative estimate of drug-likeness (QED) is 0.281. The number of carbonyl (C=O) groups is 1. The minimum atomic E-state index is -1.28. The standard InChI is InChI=1S/C30H30ClN7O4/c1-32-21-7-15(31)6-16-24-26(38-11-19-22(36(2)3)13-42-23(19)12-38)18(9-33-28(24)35-25(16)21)14-5-17-27(39)20(30(40)41)10-37(4)29(17)34-8-14/h5-10,19,22-23,32H,11-13H2,1-4H3,(H,33,35)(H,40,41). The van der Waals surface area contributed by atoms with Crippen molar-refractivity contribution >= 4 is 61.9 Å². The Morgan fingerprint density at radius 3 is 2.74 bits per heavy atom. The number of aryl methyl sites for hydroxylation is 1. The predicted molar refractivity (Wildman–Crippen MR) is 164 cm³/mol. The summed E-state index contributed by atoms with van der Waals surface area (Å²) in [6.07, 6.45) is 4.89. The van der Waals surface area contributed by atoms with Crippen molar-refractivity contribution in [1.82, 2.24) is 24.4 Å². The molecule has 2 aliphatic heterocycles. The Hall–Kier alpha value is -4.19. The van der Waals surface area contributed by atoms with Crippen molar-refractivity contribution in [3.63, 3.8) is 0 Å². The van der Waals surface area contributed by atoms with Crippen LogP contribution in [-0.4, -0.2) is 88.5 Å². The summed E-state index contributed by atoms with van der Waals surface area (Å²) in [5.74, 6) is -0.959. The van der Waals surface area contributed by atoms with Crippen LogP contribution >= 0.6 is 11.6 Å². The molecule has 2 saturated heterocycles. The molecule has 6 heterocycles. The number of nitrogens with zero attached hydrogens (tertiary/aromatic N) is 5. The number of benzene rings is 1. The van der Waals surface area contributed by atoms with Crippen molar-refractivity contribution < 1.29 is 14.6 Å². The Kier molecular flexibility index (Phi) is 6.16. The van der Waals surface area contributed by atoms with Gasteiger partial charge in [-0.15, -0.1) is 0 Å². The summed E-state index contributed by atoms with van der Waals surface area (Å²) in [5.41, 5.74) is 4.38. The summed E-state index contributed by atoms with van der Waals surface area (Å²) >= 11 is 6.59. The molecular formula is C30H30ClN7O4.